The van der Waals surface area contributed by atoms with Crippen LogP contribution in [0.2, 0.25) is 5.02 Å². The molecule has 19 heavy (non-hydrogen) atoms. The van der Waals surface area contributed by atoms with Gasteiger partial charge >= 0.3 is 0 Å². The normalized spacial score (nSPS) is 10.0. The molecule has 1 aromatic heterocycles. The molecule has 0 aliphatic rings. The summed E-state index contributed by atoms with van der Waals surface area (Å²) in [5.74, 6) is 0.168. The van der Waals surface area contributed by atoms with Crippen molar-refractivity contribution in [2.75, 3.05) is 18.2 Å². The predicted molar refractivity (Wildman–Crippen MR) is 74.6 cm³/mol. The van der Waals surface area contributed by atoms with Crippen LogP contribution in [-0.2, 0) is 0 Å². The van der Waals surface area contributed by atoms with E-state index in [9.17, 15) is 4.79 Å². The molecule has 0 spiro atoms. The van der Waals surface area contributed by atoms with E-state index in [1.165, 1.54) is 25.6 Å². The molecule has 0 aliphatic heterocycles. The number of aromatic nitrogens is 1. The number of methoxy groups -OCH3 is 1. The Morgan fingerprint density at radius 2 is 2.16 bits per heavy atom. The predicted octanol–water partition coefficient (Wildman–Crippen LogP) is 2.58. The van der Waals surface area contributed by atoms with Gasteiger partial charge in [0.1, 0.15) is 5.75 Å². The summed E-state index contributed by atoms with van der Waals surface area (Å²) in [5.41, 5.74) is 7.10. The second kappa shape index (κ2) is 5.58. The third-order valence-corrected chi connectivity index (χ3v) is 2.65. The molecular weight excluding hydrogens is 266 g/mol. The molecule has 0 saturated heterocycles. The van der Waals surface area contributed by atoms with Crippen molar-refractivity contribution in [2.24, 2.45) is 0 Å². The number of anilines is 2. The van der Waals surface area contributed by atoms with E-state index in [1.54, 1.807) is 18.2 Å². The lowest BCUT2D eigenvalue weighted by atomic mass is 10.2. The lowest BCUT2D eigenvalue weighted by Crippen LogP contribution is -2.13. The van der Waals surface area contributed by atoms with E-state index in [1.807, 2.05) is 0 Å². The number of nitrogen functional groups attached to an aromatic ring is 1. The first-order valence-electron chi connectivity index (χ1n) is 5.45. The van der Waals surface area contributed by atoms with Crippen molar-refractivity contribution in [1.82, 2.24) is 4.98 Å². The summed E-state index contributed by atoms with van der Waals surface area (Å²) in [7, 11) is 1.51. The number of amides is 1. The maximum Gasteiger partial charge on any atom is 0.257 e. The highest BCUT2D eigenvalue weighted by molar-refractivity contribution is 6.30. The first-order valence-corrected chi connectivity index (χ1v) is 5.83. The van der Waals surface area contributed by atoms with Gasteiger partial charge in [0, 0.05) is 24.1 Å². The van der Waals surface area contributed by atoms with E-state index in [0.29, 0.717) is 27.7 Å². The summed E-state index contributed by atoms with van der Waals surface area (Å²) in [6.45, 7) is 0. The van der Waals surface area contributed by atoms with Crippen molar-refractivity contribution in [3.05, 3.63) is 47.2 Å². The zero-order valence-corrected chi connectivity index (χ0v) is 10.9. The number of carbonyl (C=O) groups is 1. The van der Waals surface area contributed by atoms with Gasteiger partial charge in [-0.15, -0.1) is 0 Å². The van der Waals surface area contributed by atoms with E-state index in [-0.39, 0.29) is 5.91 Å². The van der Waals surface area contributed by atoms with Gasteiger partial charge in [-0.25, -0.2) is 0 Å². The molecule has 2 aromatic rings. The van der Waals surface area contributed by atoms with Crippen molar-refractivity contribution in [3.8, 4) is 5.75 Å². The minimum absolute atomic E-state index is 0.321. The number of nitrogens with zero attached hydrogens (tertiary/aromatic N) is 1. The van der Waals surface area contributed by atoms with Gasteiger partial charge in [0.2, 0.25) is 0 Å². The van der Waals surface area contributed by atoms with Crippen LogP contribution in [0.5, 0.6) is 5.75 Å². The fraction of sp³-hybridized carbons (Fsp3) is 0.0769. The second-order valence-corrected chi connectivity index (χ2v) is 4.24. The lowest BCUT2D eigenvalue weighted by molar-refractivity contribution is 0.102. The SMILES string of the molecule is COc1cc(N)ccc1NC(=O)c1cncc(Cl)c1. The Kier molecular flexibility index (Phi) is 3.87. The first-order chi connectivity index (χ1) is 9.10. The summed E-state index contributed by atoms with van der Waals surface area (Å²) in [5, 5.41) is 3.11. The highest BCUT2D eigenvalue weighted by Crippen LogP contribution is 2.27. The minimum atomic E-state index is -0.321. The molecule has 0 fully saturated rings. The summed E-state index contributed by atoms with van der Waals surface area (Å²) in [6.07, 6.45) is 2.90. The lowest BCUT2D eigenvalue weighted by Gasteiger charge is -2.10. The molecule has 2 rings (SSSR count). The Hall–Kier alpha value is -2.27. The van der Waals surface area contributed by atoms with Crippen molar-refractivity contribution < 1.29 is 9.53 Å². The molecule has 0 atom stereocenters. The third-order valence-electron chi connectivity index (χ3n) is 2.44. The number of ether oxygens (including phenoxy) is 1. The van der Waals surface area contributed by atoms with Gasteiger partial charge in [0.15, 0.2) is 0 Å². The van der Waals surface area contributed by atoms with E-state index in [2.05, 4.69) is 10.3 Å². The molecule has 98 valence electrons. The number of pyridine rings is 1. The minimum Gasteiger partial charge on any atom is -0.494 e. The van der Waals surface area contributed by atoms with Crippen LogP contribution in [0.3, 0.4) is 0 Å². The van der Waals surface area contributed by atoms with Gasteiger partial charge < -0.3 is 15.8 Å². The van der Waals surface area contributed by atoms with Crippen LogP contribution in [-0.4, -0.2) is 18.0 Å². The number of rotatable bonds is 3. The van der Waals surface area contributed by atoms with E-state index >= 15 is 0 Å². The van der Waals surface area contributed by atoms with Crippen LogP contribution in [0, 0.1) is 0 Å². The molecule has 0 radical (unpaired) electrons. The summed E-state index contributed by atoms with van der Waals surface area (Å²) in [6, 6.07) is 6.51. The van der Waals surface area contributed by atoms with Gasteiger partial charge in [0.25, 0.3) is 5.91 Å². The Bertz CT molecular complexity index is 617. The maximum atomic E-state index is 12.0. The number of hydrogen-bond donors (Lipinski definition) is 2. The Morgan fingerprint density at radius 3 is 2.84 bits per heavy atom. The molecular formula is C13H12ClN3O2. The van der Waals surface area contributed by atoms with Crippen LogP contribution in [0.25, 0.3) is 0 Å². The molecule has 1 heterocycles. The van der Waals surface area contributed by atoms with E-state index < -0.39 is 0 Å². The van der Waals surface area contributed by atoms with Crippen molar-refractivity contribution in [2.45, 2.75) is 0 Å². The molecule has 1 amide bonds. The van der Waals surface area contributed by atoms with Gasteiger partial charge in [-0.2, -0.15) is 0 Å². The van der Waals surface area contributed by atoms with Gasteiger partial charge in [0.05, 0.1) is 23.4 Å². The monoisotopic (exact) mass is 277 g/mol. The van der Waals surface area contributed by atoms with Gasteiger partial charge in [-0.3, -0.25) is 9.78 Å². The highest BCUT2D eigenvalue weighted by Gasteiger charge is 2.10. The topological polar surface area (TPSA) is 77.2 Å². The van der Waals surface area contributed by atoms with E-state index in [0.717, 1.165) is 0 Å². The number of halogens is 1. The average molecular weight is 278 g/mol. The number of benzene rings is 1. The zero-order valence-electron chi connectivity index (χ0n) is 10.2. The second-order valence-electron chi connectivity index (χ2n) is 3.81. The van der Waals surface area contributed by atoms with Crippen molar-refractivity contribution in [1.29, 1.82) is 0 Å². The summed E-state index contributed by atoms with van der Waals surface area (Å²) >= 11 is 5.79. The molecule has 0 aliphatic carbocycles. The number of nitrogens with two attached hydrogens (primary N) is 1. The fourth-order valence-corrected chi connectivity index (χ4v) is 1.72. The highest BCUT2D eigenvalue weighted by atomic mass is 35.5. The van der Waals surface area contributed by atoms with Crippen molar-refractivity contribution in [3.63, 3.8) is 0 Å². The van der Waals surface area contributed by atoms with Crippen molar-refractivity contribution >= 4 is 28.9 Å². The molecule has 1 aromatic carbocycles. The van der Waals surface area contributed by atoms with Crippen LogP contribution < -0.4 is 15.8 Å². The maximum absolute atomic E-state index is 12.0. The molecule has 3 N–H and O–H groups in total. The summed E-state index contributed by atoms with van der Waals surface area (Å²) in [4.78, 5) is 15.9. The van der Waals surface area contributed by atoms with Crippen LogP contribution >= 0.6 is 11.6 Å². The zero-order chi connectivity index (χ0) is 13.8. The Balaban J connectivity index is 2.24. The molecule has 0 bridgehead atoms. The Morgan fingerprint density at radius 1 is 1.37 bits per heavy atom. The summed E-state index contributed by atoms with van der Waals surface area (Å²) < 4.78 is 5.15. The number of nitrogens with one attached hydrogen (secondary N) is 1. The molecule has 6 heteroatoms. The van der Waals surface area contributed by atoms with E-state index in [4.69, 9.17) is 22.1 Å². The van der Waals surface area contributed by atoms with Crippen LogP contribution in [0.4, 0.5) is 11.4 Å². The molecule has 0 unspecified atom stereocenters. The molecule has 0 saturated carbocycles. The fourth-order valence-electron chi connectivity index (χ4n) is 1.54. The largest absolute Gasteiger partial charge is 0.494 e. The molecule has 5 nitrogen and oxygen atoms in total. The third kappa shape index (κ3) is 3.14. The average Bonchev–Trinajstić information content (AvgIpc) is 2.40. The quantitative estimate of drug-likeness (QED) is 0.846. The first kappa shape index (κ1) is 13.2. The van der Waals surface area contributed by atoms with Gasteiger partial charge in [-0.05, 0) is 18.2 Å². The smallest absolute Gasteiger partial charge is 0.257 e. The van der Waals surface area contributed by atoms with Gasteiger partial charge in [-0.1, -0.05) is 11.6 Å². The number of hydrogen-bond acceptors (Lipinski definition) is 4. The number of carbonyl (C=O) groups excluding carboxylic acids is 1. The van der Waals surface area contributed by atoms with Crippen LogP contribution in [0.15, 0.2) is 36.7 Å². The standard InChI is InChI=1S/C13H12ClN3O2/c1-19-12-5-10(15)2-3-11(12)17-13(18)8-4-9(14)7-16-6-8/h2-7H,15H2,1H3,(H,17,18). The Labute approximate surface area is 115 Å². The van der Waals surface area contributed by atoms with Crippen LogP contribution in [0.1, 0.15) is 10.4 Å².